The Morgan fingerprint density at radius 2 is 1.85 bits per heavy atom. The van der Waals surface area contributed by atoms with Crippen molar-refractivity contribution in [3.8, 4) is 12.3 Å². The molecule has 0 saturated heterocycles. The highest BCUT2D eigenvalue weighted by Gasteiger charge is 2.37. The van der Waals surface area contributed by atoms with Gasteiger partial charge in [0.25, 0.3) is 5.91 Å². The lowest BCUT2D eigenvalue weighted by Crippen LogP contribution is -2.39. The minimum Gasteiger partial charge on any atom is -0.366 e. The zero-order valence-electron chi connectivity index (χ0n) is 21.1. The summed E-state index contributed by atoms with van der Waals surface area (Å²) in [7, 11) is 0. The number of carbonyl (C=O) groups is 2. The topological polar surface area (TPSA) is 102 Å². The van der Waals surface area contributed by atoms with Gasteiger partial charge < -0.3 is 11.1 Å². The van der Waals surface area contributed by atoms with Crippen LogP contribution < -0.4 is 11.1 Å². The van der Waals surface area contributed by atoms with Crippen molar-refractivity contribution in [2.24, 2.45) is 10.7 Å². The van der Waals surface area contributed by atoms with Crippen molar-refractivity contribution in [3.05, 3.63) is 106 Å². The van der Waals surface area contributed by atoms with Crippen molar-refractivity contribution < 1.29 is 35.9 Å². The highest BCUT2D eigenvalue weighted by atomic mass is 19.4. The first-order valence-electron chi connectivity index (χ1n) is 11.6. The van der Waals surface area contributed by atoms with Gasteiger partial charge in [-0.2, -0.15) is 18.3 Å². The van der Waals surface area contributed by atoms with E-state index in [1.807, 2.05) is 5.92 Å². The summed E-state index contributed by atoms with van der Waals surface area (Å²) >= 11 is 0. The number of carbonyl (C=O) groups excluding carboxylic acids is 2. The number of terminal acetylenes is 1. The van der Waals surface area contributed by atoms with Crippen LogP contribution in [0.2, 0.25) is 0 Å². The van der Waals surface area contributed by atoms with Gasteiger partial charge in [-0.1, -0.05) is 24.6 Å². The van der Waals surface area contributed by atoms with Gasteiger partial charge in [-0.05, 0) is 47.9 Å². The van der Waals surface area contributed by atoms with Gasteiger partial charge in [0.05, 0.1) is 22.9 Å². The van der Waals surface area contributed by atoms with E-state index >= 15 is 0 Å². The Balaban J connectivity index is 2.03. The first kappa shape index (κ1) is 30.4. The minimum atomic E-state index is -4.86. The van der Waals surface area contributed by atoms with E-state index in [9.17, 15) is 35.9 Å². The van der Waals surface area contributed by atoms with Crippen molar-refractivity contribution in [1.82, 2.24) is 15.1 Å². The molecule has 1 heterocycles. The number of hydrogen-bond acceptors (Lipinski definition) is 4. The smallest absolute Gasteiger partial charge is 0.366 e. The molecule has 0 radical (unpaired) electrons. The first-order chi connectivity index (χ1) is 19.3. The summed E-state index contributed by atoms with van der Waals surface area (Å²) in [5, 5.41) is 5.91. The van der Waals surface area contributed by atoms with Crippen LogP contribution in [0.3, 0.4) is 0 Å². The SMILES string of the molecule is C#Cc1cn(CC(=O)N[C@@H](Cc2cc(F)cc(F)c2)/C(=C\c2ccc(F)c(C(N)=O)c2)N=CC=C)nc1C(F)(F)F. The first-order valence-corrected chi connectivity index (χ1v) is 11.6. The number of primary amides is 1. The number of halogens is 6. The van der Waals surface area contributed by atoms with E-state index in [1.54, 1.807) is 0 Å². The van der Waals surface area contributed by atoms with Crippen LogP contribution in [0, 0.1) is 29.8 Å². The Labute approximate surface area is 230 Å². The number of hydrogen-bond donors (Lipinski definition) is 2. The summed E-state index contributed by atoms with van der Waals surface area (Å²) in [6.07, 6.45) is 4.77. The maximum Gasteiger partial charge on any atom is 0.436 e. The van der Waals surface area contributed by atoms with Crippen molar-refractivity contribution in [2.75, 3.05) is 0 Å². The molecule has 212 valence electrons. The van der Waals surface area contributed by atoms with Crippen molar-refractivity contribution in [1.29, 1.82) is 0 Å². The van der Waals surface area contributed by atoms with Crippen LogP contribution in [0.5, 0.6) is 0 Å². The number of aromatic nitrogens is 2. The van der Waals surface area contributed by atoms with E-state index in [0.717, 1.165) is 30.5 Å². The van der Waals surface area contributed by atoms with Crippen LogP contribution in [0.25, 0.3) is 6.08 Å². The number of allylic oxidation sites excluding steroid dienone is 1. The highest BCUT2D eigenvalue weighted by Crippen LogP contribution is 2.30. The second-order valence-corrected chi connectivity index (χ2v) is 8.52. The van der Waals surface area contributed by atoms with Crippen LogP contribution in [0.15, 0.2) is 65.9 Å². The molecule has 0 aliphatic carbocycles. The molecule has 1 atom stereocenters. The lowest BCUT2D eigenvalue weighted by Gasteiger charge is -2.20. The molecule has 0 fully saturated rings. The van der Waals surface area contributed by atoms with Gasteiger partial charge in [0.1, 0.15) is 24.0 Å². The summed E-state index contributed by atoms with van der Waals surface area (Å²) in [5.74, 6) is -2.71. The molecular weight excluding hydrogens is 552 g/mol. The number of benzene rings is 2. The molecule has 0 spiro atoms. The third-order valence-corrected chi connectivity index (χ3v) is 5.45. The second-order valence-electron chi connectivity index (χ2n) is 8.52. The summed E-state index contributed by atoms with van der Waals surface area (Å²) in [6.45, 7) is 2.81. The van der Waals surface area contributed by atoms with Gasteiger partial charge in [0.15, 0.2) is 5.69 Å². The van der Waals surface area contributed by atoms with Crippen LogP contribution in [-0.4, -0.2) is 33.9 Å². The van der Waals surface area contributed by atoms with E-state index in [0.29, 0.717) is 10.7 Å². The average Bonchev–Trinajstić information content (AvgIpc) is 3.29. The van der Waals surface area contributed by atoms with E-state index in [-0.39, 0.29) is 23.2 Å². The molecule has 3 rings (SSSR count). The van der Waals surface area contributed by atoms with E-state index < -0.39 is 64.8 Å². The molecule has 13 heteroatoms. The molecule has 0 aliphatic heterocycles. The summed E-state index contributed by atoms with van der Waals surface area (Å²) in [4.78, 5) is 28.8. The number of rotatable bonds is 10. The van der Waals surface area contributed by atoms with E-state index in [4.69, 9.17) is 12.2 Å². The number of alkyl halides is 3. The van der Waals surface area contributed by atoms with Crippen LogP contribution in [0.1, 0.15) is 32.7 Å². The second kappa shape index (κ2) is 12.8. The standard InChI is InChI=1S/C28H21F6N5O2/c1-3-7-36-23(11-16-5-6-22(31)21(10-16)27(35)41)24(12-17-8-19(29)13-20(30)9-17)37-25(40)15-39-14-18(4-2)26(38-39)28(32,33)34/h2-3,5-11,13-14,24H,1,12,15H2,(H2,35,41)(H,37,40)/b23-11+,36-7?/t24-/m0/s1. The molecule has 3 aromatic rings. The molecule has 2 amide bonds. The third kappa shape index (κ3) is 8.18. The van der Waals surface area contributed by atoms with E-state index in [2.05, 4.69) is 22.0 Å². The number of amides is 2. The molecule has 0 aliphatic rings. The van der Waals surface area contributed by atoms with Gasteiger partial charge in [0.2, 0.25) is 5.91 Å². The Kier molecular flexibility index (Phi) is 9.51. The molecule has 2 aromatic carbocycles. The number of nitrogens with zero attached hydrogens (tertiary/aromatic N) is 3. The van der Waals surface area contributed by atoms with Crippen molar-refractivity contribution in [3.63, 3.8) is 0 Å². The van der Waals surface area contributed by atoms with Crippen molar-refractivity contribution in [2.45, 2.75) is 25.2 Å². The van der Waals surface area contributed by atoms with Crippen LogP contribution >= 0.6 is 0 Å². The molecule has 1 aromatic heterocycles. The summed E-state index contributed by atoms with van der Waals surface area (Å²) in [6, 6.07) is 4.93. The van der Waals surface area contributed by atoms with Crippen LogP contribution in [0.4, 0.5) is 26.3 Å². The fraction of sp³-hybridized carbons (Fsp3) is 0.143. The Hall–Kier alpha value is -5.12. The average molecular weight is 573 g/mol. The Morgan fingerprint density at radius 1 is 1.17 bits per heavy atom. The zero-order valence-corrected chi connectivity index (χ0v) is 21.1. The number of nitrogens with two attached hydrogens (primary N) is 1. The predicted molar refractivity (Wildman–Crippen MR) is 139 cm³/mol. The Bertz CT molecular complexity index is 1560. The van der Waals surface area contributed by atoms with Gasteiger partial charge in [-0.25, -0.2) is 13.2 Å². The summed E-state index contributed by atoms with van der Waals surface area (Å²) < 4.78 is 82.2. The molecule has 7 nitrogen and oxygen atoms in total. The van der Waals surface area contributed by atoms with E-state index in [1.165, 1.54) is 24.4 Å². The predicted octanol–water partition coefficient (Wildman–Crippen LogP) is 4.42. The fourth-order valence-electron chi connectivity index (χ4n) is 3.76. The molecule has 0 saturated carbocycles. The molecule has 41 heavy (non-hydrogen) atoms. The van der Waals surface area contributed by atoms with Crippen molar-refractivity contribution >= 4 is 24.1 Å². The molecule has 3 N–H and O–H groups in total. The number of aliphatic imine (C=N–C) groups is 1. The van der Waals surface area contributed by atoms with Gasteiger partial charge >= 0.3 is 6.18 Å². The monoisotopic (exact) mass is 573 g/mol. The lowest BCUT2D eigenvalue weighted by molar-refractivity contribution is -0.142. The van der Waals surface area contributed by atoms with Gasteiger partial charge in [0, 0.05) is 18.5 Å². The Morgan fingerprint density at radius 3 is 2.41 bits per heavy atom. The van der Waals surface area contributed by atoms with Gasteiger partial charge in [-0.15, -0.1) is 6.42 Å². The summed E-state index contributed by atoms with van der Waals surface area (Å²) in [5.41, 5.74) is 3.22. The minimum absolute atomic E-state index is 0.0470. The highest BCUT2D eigenvalue weighted by molar-refractivity contribution is 5.93. The largest absolute Gasteiger partial charge is 0.436 e. The molecule has 0 unspecified atom stereocenters. The maximum atomic E-state index is 14.0. The fourth-order valence-corrected chi connectivity index (χ4v) is 3.76. The maximum absolute atomic E-state index is 14.0. The zero-order chi connectivity index (χ0) is 30.3. The molecule has 0 bridgehead atoms. The lowest BCUT2D eigenvalue weighted by atomic mass is 10.00. The van der Waals surface area contributed by atoms with Gasteiger partial charge in [-0.3, -0.25) is 19.3 Å². The number of nitrogens with one attached hydrogen (secondary N) is 1. The van der Waals surface area contributed by atoms with Crippen LogP contribution in [-0.2, 0) is 23.9 Å². The molecular formula is C28H21F6N5O2. The quantitative estimate of drug-likeness (QED) is 0.213. The normalized spacial score (nSPS) is 12.7. The third-order valence-electron chi connectivity index (χ3n) is 5.45.